The standard InChI is InChI=1S/C15H21BrO2/c1-2-3-4-6-13(16)12-7-8-14-15(11-12)18-10-5-9-17-14/h7-8,11,13H,2-6,9-10H2,1H3. The van der Waals surface area contributed by atoms with Crippen molar-refractivity contribution >= 4 is 15.9 Å². The minimum atomic E-state index is 0.418. The third kappa shape index (κ3) is 3.64. The Labute approximate surface area is 118 Å². The predicted octanol–water partition coefficient (Wildman–Crippen LogP) is 4.86. The lowest BCUT2D eigenvalue weighted by Crippen LogP contribution is -1.97. The van der Waals surface area contributed by atoms with Crippen LogP contribution in [0.15, 0.2) is 18.2 Å². The first-order valence-corrected chi connectivity index (χ1v) is 7.76. The van der Waals surface area contributed by atoms with E-state index in [1.807, 2.05) is 6.07 Å². The second-order valence-electron chi connectivity index (χ2n) is 4.72. The Kier molecular flexibility index (Phi) is 5.36. The summed E-state index contributed by atoms with van der Waals surface area (Å²) in [6, 6.07) is 6.29. The van der Waals surface area contributed by atoms with Crippen molar-refractivity contribution in [1.29, 1.82) is 0 Å². The molecule has 0 aromatic heterocycles. The first kappa shape index (κ1) is 13.7. The number of rotatable bonds is 5. The van der Waals surface area contributed by atoms with Crippen molar-refractivity contribution in [3.63, 3.8) is 0 Å². The molecule has 1 aliphatic heterocycles. The molecule has 0 saturated carbocycles. The van der Waals surface area contributed by atoms with Crippen molar-refractivity contribution < 1.29 is 9.47 Å². The monoisotopic (exact) mass is 312 g/mol. The van der Waals surface area contributed by atoms with E-state index < -0.39 is 0 Å². The number of ether oxygens (including phenoxy) is 2. The van der Waals surface area contributed by atoms with Crippen molar-refractivity contribution in [1.82, 2.24) is 0 Å². The second-order valence-corrected chi connectivity index (χ2v) is 5.83. The van der Waals surface area contributed by atoms with Crippen LogP contribution in [0.2, 0.25) is 0 Å². The predicted molar refractivity (Wildman–Crippen MR) is 77.9 cm³/mol. The average molecular weight is 313 g/mol. The SMILES string of the molecule is CCCCCC(Br)c1ccc2c(c1)OCCCO2. The highest BCUT2D eigenvalue weighted by Gasteiger charge is 2.14. The molecule has 1 aliphatic rings. The summed E-state index contributed by atoms with van der Waals surface area (Å²) in [6.07, 6.45) is 5.96. The van der Waals surface area contributed by atoms with Gasteiger partial charge in [-0.15, -0.1) is 0 Å². The third-order valence-corrected chi connectivity index (χ3v) is 4.18. The van der Waals surface area contributed by atoms with E-state index in [0.29, 0.717) is 4.83 Å². The summed E-state index contributed by atoms with van der Waals surface area (Å²) in [5.74, 6) is 1.77. The molecule has 3 heteroatoms. The number of halogens is 1. The molecule has 0 saturated heterocycles. The first-order chi connectivity index (χ1) is 8.81. The van der Waals surface area contributed by atoms with Gasteiger partial charge in [-0.05, 0) is 24.1 Å². The maximum absolute atomic E-state index is 5.72. The van der Waals surface area contributed by atoms with E-state index in [2.05, 4.69) is 35.0 Å². The molecule has 1 atom stereocenters. The van der Waals surface area contributed by atoms with Crippen molar-refractivity contribution in [3.8, 4) is 11.5 Å². The van der Waals surface area contributed by atoms with E-state index in [9.17, 15) is 0 Å². The highest BCUT2D eigenvalue weighted by molar-refractivity contribution is 9.09. The van der Waals surface area contributed by atoms with Gasteiger partial charge in [0.05, 0.1) is 13.2 Å². The van der Waals surface area contributed by atoms with Crippen molar-refractivity contribution in [2.75, 3.05) is 13.2 Å². The van der Waals surface area contributed by atoms with Gasteiger partial charge in [0.25, 0.3) is 0 Å². The summed E-state index contributed by atoms with van der Waals surface area (Å²) in [5.41, 5.74) is 1.29. The van der Waals surface area contributed by atoms with Gasteiger partial charge >= 0.3 is 0 Å². The van der Waals surface area contributed by atoms with Crippen LogP contribution in [0.5, 0.6) is 11.5 Å². The molecule has 0 N–H and O–H groups in total. The van der Waals surface area contributed by atoms with Crippen LogP contribution in [0.1, 0.15) is 49.4 Å². The summed E-state index contributed by atoms with van der Waals surface area (Å²) < 4.78 is 11.4. The molecule has 1 heterocycles. The molecule has 0 spiro atoms. The molecule has 1 aromatic rings. The van der Waals surface area contributed by atoms with E-state index >= 15 is 0 Å². The summed E-state index contributed by atoms with van der Waals surface area (Å²) in [4.78, 5) is 0.418. The quantitative estimate of drug-likeness (QED) is 0.570. The minimum Gasteiger partial charge on any atom is -0.490 e. The molecular weight excluding hydrogens is 292 g/mol. The lowest BCUT2D eigenvalue weighted by Gasteiger charge is -2.13. The lowest BCUT2D eigenvalue weighted by atomic mass is 10.1. The molecule has 100 valence electrons. The van der Waals surface area contributed by atoms with Gasteiger partial charge in [-0.3, -0.25) is 0 Å². The number of fused-ring (bicyclic) bond motifs is 1. The van der Waals surface area contributed by atoms with E-state index in [-0.39, 0.29) is 0 Å². The van der Waals surface area contributed by atoms with Gasteiger partial charge in [-0.25, -0.2) is 0 Å². The van der Waals surface area contributed by atoms with Crippen LogP contribution in [0.3, 0.4) is 0 Å². The summed E-state index contributed by atoms with van der Waals surface area (Å²) in [7, 11) is 0. The zero-order chi connectivity index (χ0) is 12.8. The van der Waals surface area contributed by atoms with Gasteiger partial charge in [0.2, 0.25) is 0 Å². The van der Waals surface area contributed by atoms with Gasteiger partial charge in [0.15, 0.2) is 11.5 Å². The molecular formula is C15H21BrO2. The van der Waals surface area contributed by atoms with Crippen LogP contribution in [-0.4, -0.2) is 13.2 Å². The molecule has 0 aliphatic carbocycles. The number of hydrogen-bond acceptors (Lipinski definition) is 2. The molecule has 0 radical (unpaired) electrons. The third-order valence-electron chi connectivity index (χ3n) is 3.19. The Bertz CT molecular complexity index is 379. The Morgan fingerprint density at radius 1 is 1.17 bits per heavy atom. The number of benzene rings is 1. The lowest BCUT2D eigenvalue weighted by molar-refractivity contribution is 0.297. The van der Waals surface area contributed by atoms with E-state index in [4.69, 9.17) is 9.47 Å². The first-order valence-electron chi connectivity index (χ1n) is 6.85. The molecule has 0 amide bonds. The molecule has 18 heavy (non-hydrogen) atoms. The van der Waals surface area contributed by atoms with Gasteiger partial charge in [-0.2, -0.15) is 0 Å². The molecule has 2 rings (SSSR count). The van der Waals surface area contributed by atoms with Crippen LogP contribution in [0, 0.1) is 0 Å². The Balaban J connectivity index is 2.02. The van der Waals surface area contributed by atoms with Crippen LogP contribution in [0.25, 0.3) is 0 Å². The number of hydrogen-bond donors (Lipinski definition) is 0. The van der Waals surface area contributed by atoms with Gasteiger partial charge in [-0.1, -0.05) is 48.2 Å². The molecule has 2 nitrogen and oxygen atoms in total. The van der Waals surface area contributed by atoms with E-state index in [1.54, 1.807) is 0 Å². The maximum atomic E-state index is 5.72. The van der Waals surface area contributed by atoms with E-state index in [1.165, 1.54) is 31.2 Å². The van der Waals surface area contributed by atoms with Gasteiger partial charge in [0.1, 0.15) is 0 Å². The van der Waals surface area contributed by atoms with E-state index in [0.717, 1.165) is 31.1 Å². The second kappa shape index (κ2) is 7.03. The summed E-state index contributed by atoms with van der Waals surface area (Å²) in [5, 5.41) is 0. The fourth-order valence-corrected chi connectivity index (χ4v) is 2.72. The normalized spacial score (nSPS) is 16.1. The summed E-state index contributed by atoms with van der Waals surface area (Å²) in [6.45, 7) is 3.73. The molecule has 0 bridgehead atoms. The largest absolute Gasteiger partial charge is 0.490 e. The molecule has 0 fully saturated rings. The smallest absolute Gasteiger partial charge is 0.161 e. The topological polar surface area (TPSA) is 18.5 Å². The Morgan fingerprint density at radius 2 is 1.94 bits per heavy atom. The van der Waals surface area contributed by atoms with Crippen LogP contribution < -0.4 is 9.47 Å². The average Bonchev–Trinajstić information content (AvgIpc) is 2.63. The highest BCUT2D eigenvalue weighted by Crippen LogP contribution is 2.36. The fraction of sp³-hybridized carbons (Fsp3) is 0.600. The van der Waals surface area contributed by atoms with Crippen molar-refractivity contribution in [3.05, 3.63) is 23.8 Å². The van der Waals surface area contributed by atoms with Crippen LogP contribution in [-0.2, 0) is 0 Å². The fourth-order valence-electron chi connectivity index (χ4n) is 2.11. The summed E-state index contributed by atoms with van der Waals surface area (Å²) >= 11 is 3.77. The van der Waals surface area contributed by atoms with Crippen LogP contribution in [0.4, 0.5) is 0 Å². The van der Waals surface area contributed by atoms with Gasteiger partial charge < -0.3 is 9.47 Å². The maximum Gasteiger partial charge on any atom is 0.161 e. The zero-order valence-electron chi connectivity index (χ0n) is 11.0. The number of alkyl halides is 1. The highest BCUT2D eigenvalue weighted by atomic mass is 79.9. The van der Waals surface area contributed by atoms with Crippen LogP contribution >= 0.6 is 15.9 Å². The van der Waals surface area contributed by atoms with Crippen molar-refractivity contribution in [2.24, 2.45) is 0 Å². The minimum absolute atomic E-state index is 0.418. The molecule has 1 aromatic carbocycles. The number of unbranched alkanes of at least 4 members (excludes halogenated alkanes) is 2. The zero-order valence-corrected chi connectivity index (χ0v) is 12.5. The Morgan fingerprint density at radius 3 is 2.72 bits per heavy atom. The Hall–Kier alpha value is -0.700. The van der Waals surface area contributed by atoms with Gasteiger partial charge in [0, 0.05) is 11.2 Å². The van der Waals surface area contributed by atoms with Crippen molar-refractivity contribution in [2.45, 2.75) is 43.9 Å². The molecule has 1 unspecified atom stereocenters.